The van der Waals surface area contributed by atoms with Crippen molar-refractivity contribution in [1.29, 1.82) is 0 Å². The quantitative estimate of drug-likeness (QED) is 0.726. The van der Waals surface area contributed by atoms with Crippen molar-refractivity contribution in [3.63, 3.8) is 0 Å². The molecular weight excluding hydrogens is 423 g/mol. The molecule has 28 heavy (non-hydrogen) atoms. The molecule has 0 saturated carbocycles. The fourth-order valence-corrected chi connectivity index (χ4v) is 5.61. The molecule has 2 aliphatic rings. The van der Waals surface area contributed by atoms with E-state index < -0.39 is 10.0 Å². The van der Waals surface area contributed by atoms with Crippen LogP contribution in [0.1, 0.15) is 5.56 Å². The lowest BCUT2D eigenvalue weighted by Gasteiger charge is -2.34. The van der Waals surface area contributed by atoms with E-state index in [1.807, 2.05) is 18.2 Å². The second-order valence-electron chi connectivity index (χ2n) is 6.67. The first kappa shape index (κ1) is 19.8. The lowest BCUT2D eigenvalue weighted by Crippen LogP contribution is -2.48. The Balaban J connectivity index is 1.45. The standard InChI is InChI=1S/C19H20Cl2N2O4S/c20-15-4-2-6-17(18(15)21)28(24,25)23-9-7-22(8-10-23)13-14-3-1-5-16-19(14)27-12-11-26-16/h1-6H,7-13H2. The van der Waals surface area contributed by atoms with Gasteiger partial charge in [0.1, 0.15) is 18.1 Å². The third kappa shape index (κ3) is 3.82. The van der Waals surface area contributed by atoms with Gasteiger partial charge in [0.05, 0.1) is 10.0 Å². The van der Waals surface area contributed by atoms with Crippen molar-refractivity contribution in [2.45, 2.75) is 11.4 Å². The fraction of sp³-hybridized carbons (Fsp3) is 0.368. The number of nitrogens with zero attached hydrogens (tertiary/aromatic N) is 2. The smallest absolute Gasteiger partial charge is 0.244 e. The molecule has 1 saturated heterocycles. The Bertz CT molecular complexity index is 976. The fourth-order valence-electron chi connectivity index (χ4n) is 3.45. The molecule has 9 heteroatoms. The molecule has 150 valence electrons. The summed E-state index contributed by atoms with van der Waals surface area (Å²) in [6.45, 7) is 3.77. The SMILES string of the molecule is O=S(=O)(c1cccc(Cl)c1Cl)N1CCN(Cc2cccc3c2OCCO3)CC1. The Labute approximate surface area is 174 Å². The van der Waals surface area contributed by atoms with Crippen LogP contribution in [0.5, 0.6) is 11.5 Å². The zero-order valence-corrected chi connectivity index (χ0v) is 17.4. The number of fused-ring (bicyclic) bond motifs is 1. The molecule has 6 nitrogen and oxygen atoms in total. The minimum atomic E-state index is -3.68. The van der Waals surface area contributed by atoms with E-state index in [2.05, 4.69) is 4.90 Å². The molecule has 0 spiro atoms. The van der Waals surface area contributed by atoms with Crippen molar-refractivity contribution in [1.82, 2.24) is 9.21 Å². The number of piperazine rings is 1. The van der Waals surface area contributed by atoms with Gasteiger partial charge in [0.25, 0.3) is 0 Å². The zero-order chi connectivity index (χ0) is 19.7. The van der Waals surface area contributed by atoms with Gasteiger partial charge in [0.15, 0.2) is 11.5 Å². The van der Waals surface area contributed by atoms with Gasteiger partial charge in [-0.25, -0.2) is 8.42 Å². The number of hydrogen-bond acceptors (Lipinski definition) is 5. The summed E-state index contributed by atoms with van der Waals surface area (Å²) in [4.78, 5) is 2.26. The van der Waals surface area contributed by atoms with E-state index in [0.717, 1.165) is 17.1 Å². The highest BCUT2D eigenvalue weighted by molar-refractivity contribution is 7.89. The summed E-state index contributed by atoms with van der Waals surface area (Å²) in [6, 6.07) is 10.5. The van der Waals surface area contributed by atoms with Gasteiger partial charge in [-0.05, 0) is 18.2 Å². The summed E-state index contributed by atoms with van der Waals surface area (Å²) in [5, 5.41) is 0.303. The maximum absolute atomic E-state index is 12.9. The van der Waals surface area contributed by atoms with E-state index in [1.54, 1.807) is 12.1 Å². The van der Waals surface area contributed by atoms with Crippen LogP contribution >= 0.6 is 23.2 Å². The molecule has 0 aliphatic carbocycles. The first-order valence-corrected chi connectivity index (χ1v) is 11.2. The average Bonchev–Trinajstić information content (AvgIpc) is 2.71. The number of halogens is 2. The van der Waals surface area contributed by atoms with Crippen LogP contribution in [0.2, 0.25) is 10.0 Å². The molecule has 0 amide bonds. The molecular formula is C19H20Cl2N2O4S. The van der Waals surface area contributed by atoms with E-state index >= 15 is 0 Å². The molecule has 0 aromatic heterocycles. The highest BCUT2D eigenvalue weighted by Gasteiger charge is 2.31. The van der Waals surface area contributed by atoms with E-state index in [9.17, 15) is 8.42 Å². The predicted molar refractivity (Wildman–Crippen MR) is 108 cm³/mol. The van der Waals surface area contributed by atoms with Crippen LogP contribution < -0.4 is 9.47 Å². The van der Waals surface area contributed by atoms with Crippen LogP contribution in [0.4, 0.5) is 0 Å². The molecule has 2 heterocycles. The average molecular weight is 443 g/mol. The van der Waals surface area contributed by atoms with Crippen molar-refractivity contribution < 1.29 is 17.9 Å². The van der Waals surface area contributed by atoms with Crippen LogP contribution in [-0.2, 0) is 16.6 Å². The highest BCUT2D eigenvalue weighted by Crippen LogP contribution is 2.35. The minimum Gasteiger partial charge on any atom is -0.486 e. The summed E-state index contributed by atoms with van der Waals surface area (Å²) in [7, 11) is -3.68. The molecule has 2 aromatic rings. The van der Waals surface area contributed by atoms with Gasteiger partial charge >= 0.3 is 0 Å². The monoisotopic (exact) mass is 442 g/mol. The molecule has 1 fully saturated rings. The number of rotatable bonds is 4. The second kappa shape index (κ2) is 8.08. The van der Waals surface area contributed by atoms with Crippen LogP contribution in [0.15, 0.2) is 41.3 Å². The maximum atomic E-state index is 12.9. The topological polar surface area (TPSA) is 59.1 Å². The number of para-hydroxylation sites is 1. The number of benzene rings is 2. The van der Waals surface area contributed by atoms with Crippen LogP contribution in [0, 0.1) is 0 Å². The van der Waals surface area contributed by atoms with Gasteiger partial charge in [-0.15, -0.1) is 0 Å². The molecule has 2 aromatic carbocycles. The molecule has 0 bridgehead atoms. The van der Waals surface area contributed by atoms with Crippen molar-refractivity contribution in [2.24, 2.45) is 0 Å². The first-order chi connectivity index (χ1) is 13.5. The highest BCUT2D eigenvalue weighted by atomic mass is 35.5. The number of hydrogen-bond donors (Lipinski definition) is 0. The Morgan fingerprint density at radius 3 is 2.43 bits per heavy atom. The van der Waals surface area contributed by atoms with E-state index in [-0.39, 0.29) is 14.9 Å². The molecule has 0 N–H and O–H groups in total. The van der Waals surface area contributed by atoms with E-state index in [0.29, 0.717) is 45.9 Å². The predicted octanol–water partition coefficient (Wildman–Crippen LogP) is 3.27. The van der Waals surface area contributed by atoms with Crippen molar-refractivity contribution in [3.8, 4) is 11.5 Å². The Morgan fingerprint density at radius 1 is 0.929 bits per heavy atom. The number of sulfonamides is 1. The molecule has 0 atom stereocenters. The molecule has 0 unspecified atom stereocenters. The van der Waals surface area contributed by atoms with Gasteiger partial charge in [-0.2, -0.15) is 4.31 Å². The summed E-state index contributed by atoms with van der Waals surface area (Å²) < 4.78 is 38.7. The van der Waals surface area contributed by atoms with Crippen molar-refractivity contribution in [3.05, 3.63) is 52.0 Å². The Hall–Kier alpha value is -1.51. The summed E-state index contributed by atoms with van der Waals surface area (Å²) in [5.74, 6) is 1.55. The van der Waals surface area contributed by atoms with Crippen molar-refractivity contribution in [2.75, 3.05) is 39.4 Å². The van der Waals surface area contributed by atoms with Crippen molar-refractivity contribution >= 4 is 33.2 Å². The molecule has 4 rings (SSSR count). The minimum absolute atomic E-state index is 0.0535. The van der Waals surface area contributed by atoms with Crippen LogP contribution in [0.3, 0.4) is 0 Å². The normalized spacial score (nSPS) is 18.2. The lowest BCUT2D eigenvalue weighted by atomic mass is 10.1. The second-order valence-corrected chi connectivity index (χ2v) is 9.37. The first-order valence-electron chi connectivity index (χ1n) is 9.01. The molecule has 0 radical (unpaired) electrons. The molecule has 2 aliphatic heterocycles. The van der Waals surface area contributed by atoms with Gasteiger partial charge in [0, 0.05) is 38.3 Å². The summed E-state index contributed by atoms with van der Waals surface area (Å²) in [6.07, 6.45) is 0. The van der Waals surface area contributed by atoms with E-state index in [1.165, 1.54) is 10.4 Å². The summed E-state index contributed by atoms with van der Waals surface area (Å²) in [5.41, 5.74) is 1.05. The largest absolute Gasteiger partial charge is 0.486 e. The lowest BCUT2D eigenvalue weighted by molar-refractivity contribution is 0.158. The third-order valence-electron chi connectivity index (χ3n) is 4.91. The van der Waals surface area contributed by atoms with Gasteiger partial charge in [0.2, 0.25) is 10.0 Å². The van der Waals surface area contributed by atoms with Gasteiger partial charge in [-0.3, -0.25) is 4.90 Å². The summed E-state index contributed by atoms with van der Waals surface area (Å²) >= 11 is 12.1. The van der Waals surface area contributed by atoms with Crippen LogP contribution in [-0.4, -0.2) is 57.0 Å². The third-order valence-corrected chi connectivity index (χ3v) is 7.78. The van der Waals surface area contributed by atoms with Gasteiger partial charge in [-0.1, -0.05) is 41.4 Å². The number of ether oxygens (including phenoxy) is 2. The zero-order valence-electron chi connectivity index (χ0n) is 15.1. The Morgan fingerprint density at radius 2 is 1.64 bits per heavy atom. The van der Waals surface area contributed by atoms with Gasteiger partial charge < -0.3 is 9.47 Å². The van der Waals surface area contributed by atoms with E-state index in [4.69, 9.17) is 32.7 Å². The maximum Gasteiger partial charge on any atom is 0.244 e. The Kier molecular flexibility index (Phi) is 5.71. The van der Waals surface area contributed by atoms with Crippen LogP contribution in [0.25, 0.3) is 0 Å².